The maximum Gasteiger partial charge on any atom is 0.241 e. The predicted molar refractivity (Wildman–Crippen MR) is 120 cm³/mol. The summed E-state index contributed by atoms with van der Waals surface area (Å²) in [7, 11) is 1.60. The Morgan fingerprint density at radius 2 is 1.68 bits per heavy atom. The molecule has 0 unspecified atom stereocenters. The Balaban J connectivity index is 0.00000392. The van der Waals surface area contributed by atoms with Crippen molar-refractivity contribution in [1.29, 1.82) is 0 Å². The number of aliphatic imine (C=N–C) groups is 1. The van der Waals surface area contributed by atoms with Gasteiger partial charge < -0.3 is 25.2 Å². The zero-order valence-corrected chi connectivity index (χ0v) is 19.4. The third kappa shape index (κ3) is 8.48. The first-order valence-electron chi connectivity index (χ1n) is 9.93. The van der Waals surface area contributed by atoms with Crippen molar-refractivity contribution in [2.45, 2.75) is 19.8 Å². The molecule has 0 aliphatic carbocycles. The van der Waals surface area contributed by atoms with Crippen molar-refractivity contribution >= 4 is 41.8 Å². The van der Waals surface area contributed by atoms with E-state index in [1.165, 1.54) is 0 Å². The number of halogens is 1. The number of guanidine groups is 1. The average molecular weight is 510 g/mol. The van der Waals surface area contributed by atoms with E-state index in [0.717, 1.165) is 64.6 Å². The Morgan fingerprint density at radius 1 is 1.00 bits per heavy atom. The van der Waals surface area contributed by atoms with Crippen LogP contribution in [0, 0.1) is 0 Å². The molecule has 2 amide bonds. The van der Waals surface area contributed by atoms with Crippen LogP contribution in [0.4, 0.5) is 0 Å². The van der Waals surface area contributed by atoms with E-state index >= 15 is 0 Å². The summed E-state index contributed by atoms with van der Waals surface area (Å²) in [6.45, 7) is 9.40. The van der Waals surface area contributed by atoms with Crippen LogP contribution in [0.15, 0.2) is 4.99 Å². The van der Waals surface area contributed by atoms with Crippen molar-refractivity contribution in [1.82, 2.24) is 25.3 Å². The van der Waals surface area contributed by atoms with Gasteiger partial charge in [0.05, 0.1) is 13.2 Å². The Hall–Kier alpha value is -1.14. The average Bonchev–Trinajstić information content (AvgIpc) is 3.21. The molecule has 0 aromatic heterocycles. The van der Waals surface area contributed by atoms with Crippen LogP contribution in [0.3, 0.4) is 0 Å². The lowest BCUT2D eigenvalue weighted by atomic mass is 10.3. The van der Waals surface area contributed by atoms with Gasteiger partial charge in [0.1, 0.15) is 6.54 Å². The number of amides is 2. The van der Waals surface area contributed by atoms with Gasteiger partial charge in [0, 0.05) is 59.5 Å². The first-order chi connectivity index (χ1) is 13.1. The van der Waals surface area contributed by atoms with E-state index < -0.39 is 0 Å². The fourth-order valence-electron chi connectivity index (χ4n) is 3.30. The minimum atomic E-state index is -0.114. The molecule has 2 aliphatic heterocycles. The lowest BCUT2D eigenvalue weighted by Crippen LogP contribution is -2.54. The fourth-order valence-corrected chi connectivity index (χ4v) is 3.30. The van der Waals surface area contributed by atoms with E-state index in [2.05, 4.69) is 25.4 Å². The molecule has 0 atom stereocenters. The second-order valence-electron chi connectivity index (χ2n) is 6.86. The number of hydrogen-bond donors (Lipinski definition) is 2. The highest BCUT2D eigenvalue weighted by Crippen LogP contribution is 2.09. The van der Waals surface area contributed by atoms with Gasteiger partial charge >= 0.3 is 0 Å². The molecule has 2 rings (SSSR count). The number of nitrogens with one attached hydrogen (secondary N) is 2. The number of hydrogen-bond acceptors (Lipinski definition) is 5. The molecule has 0 spiro atoms. The summed E-state index contributed by atoms with van der Waals surface area (Å²) < 4.78 is 4.92. The van der Waals surface area contributed by atoms with E-state index in [-0.39, 0.29) is 42.3 Å². The van der Waals surface area contributed by atoms with Crippen molar-refractivity contribution in [3.05, 3.63) is 0 Å². The third-order valence-corrected chi connectivity index (χ3v) is 4.83. The molecule has 2 heterocycles. The standard InChI is InChI=1S/C18H34N6O3.HI/c1-3-19-18(21-14-16(25)20-6-13-27-2)24-11-9-22(10-12-24)15-17(26)23-7-4-5-8-23;/h3-15H2,1-2H3,(H,19,21)(H,20,25);1H. The van der Waals surface area contributed by atoms with Gasteiger partial charge in [-0.15, -0.1) is 24.0 Å². The van der Waals surface area contributed by atoms with Crippen LogP contribution < -0.4 is 10.6 Å². The number of methoxy groups -OCH3 is 1. The summed E-state index contributed by atoms with van der Waals surface area (Å²) in [5, 5.41) is 6.02. The number of piperazine rings is 1. The fraction of sp³-hybridized carbons (Fsp3) is 0.833. The number of carbonyl (C=O) groups is 2. The van der Waals surface area contributed by atoms with Gasteiger partial charge in [-0.3, -0.25) is 14.5 Å². The lowest BCUT2D eigenvalue weighted by Gasteiger charge is -2.36. The van der Waals surface area contributed by atoms with Gasteiger partial charge in [-0.25, -0.2) is 4.99 Å². The van der Waals surface area contributed by atoms with Crippen LogP contribution in [0.25, 0.3) is 0 Å². The minimum Gasteiger partial charge on any atom is -0.383 e. The highest BCUT2D eigenvalue weighted by atomic mass is 127. The third-order valence-electron chi connectivity index (χ3n) is 4.83. The summed E-state index contributed by atoms with van der Waals surface area (Å²) in [5.74, 6) is 0.886. The number of rotatable bonds is 8. The first-order valence-corrected chi connectivity index (χ1v) is 9.93. The smallest absolute Gasteiger partial charge is 0.241 e. The molecule has 2 fully saturated rings. The Morgan fingerprint density at radius 3 is 2.29 bits per heavy atom. The predicted octanol–water partition coefficient (Wildman–Crippen LogP) is -0.427. The van der Waals surface area contributed by atoms with Crippen molar-refractivity contribution < 1.29 is 14.3 Å². The van der Waals surface area contributed by atoms with Gasteiger partial charge in [-0.2, -0.15) is 0 Å². The zero-order chi connectivity index (χ0) is 19.5. The maximum atomic E-state index is 12.3. The molecule has 0 bridgehead atoms. The largest absolute Gasteiger partial charge is 0.383 e. The molecule has 0 saturated carbocycles. The van der Waals surface area contributed by atoms with E-state index in [1.54, 1.807) is 7.11 Å². The molecule has 162 valence electrons. The molecule has 28 heavy (non-hydrogen) atoms. The first kappa shape index (κ1) is 24.9. The van der Waals surface area contributed by atoms with E-state index in [1.807, 2.05) is 11.8 Å². The van der Waals surface area contributed by atoms with Gasteiger partial charge in [0.2, 0.25) is 11.8 Å². The number of likely N-dealkylation sites (tertiary alicyclic amines) is 1. The number of ether oxygens (including phenoxy) is 1. The molecule has 0 aromatic rings. The van der Waals surface area contributed by atoms with E-state index in [0.29, 0.717) is 19.7 Å². The Bertz CT molecular complexity index is 506. The van der Waals surface area contributed by atoms with Crippen LogP contribution in [0.5, 0.6) is 0 Å². The van der Waals surface area contributed by atoms with E-state index in [4.69, 9.17) is 4.74 Å². The van der Waals surface area contributed by atoms with Crippen LogP contribution >= 0.6 is 24.0 Å². The SMILES string of the molecule is CCNC(=NCC(=O)NCCOC)N1CCN(CC(=O)N2CCCC2)CC1.I. The number of carbonyl (C=O) groups excluding carboxylic acids is 2. The summed E-state index contributed by atoms with van der Waals surface area (Å²) in [6, 6.07) is 0. The van der Waals surface area contributed by atoms with Crippen molar-refractivity contribution in [3.63, 3.8) is 0 Å². The molecule has 2 aliphatic rings. The second-order valence-corrected chi connectivity index (χ2v) is 6.86. The molecule has 10 heteroatoms. The van der Waals surface area contributed by atoms with Crippen LogP contribution in [-0.2, 0) is 14.3 Å². The van der Waals surface area contributed by atoms with Crippen LogP contribution in [-0.4, -0.2) is 112 Å². The monoisotopic (exact) mass is 510 g/mol. The summed E-state index contributed by atoms with van der Waals surface area (Å²) in [4.78, 5) is 34.9. The molecular weight excluding hydrogens is 475 g/mol. The van der Waals surface area contributed by atoms with E-state index in [9.17, 15) is 9.59 Å². The normalized spacial score (nSPS) is 18.0. The van der Waals surface area contributed by atoms with Crippen LogP contribution in [0.2, 0.25) is 0 Å². The minimum absolute atomic E-state index is 0. The Kier molecular flexibility index (Phi) is 12.4. The van der Waals surface area contributed by atoms with Gasteiger partial charge in [0.25, 0.3) is 0 Å². The van der Waals surface area contributed by atoms with Crippen molar-refractivity contribution in [2.24, 2.45) is 4.99 Å². The van der Waals surface area contributed by atoms with Crippen molar-refractivity contribution in [3.8, 4) is 0 Å². The summed E-state index contributed by atoms with van der Waals surface area (Å²) in [6.07, 6.45) is 2.25. The summed E-state index contributed by atoms with van der Waals surface area (Å²) in [5.41, 5.74) is 0. The highest BCUT2D eigenvalue weighted by molar-refractivity contribution is 14.0. The van der Waals surface area contributed by atoms with Crippen LogP contribution in [0.1, 0.15) is 19.8 Å². The lowest BCUT2D eigenvalue weighted by molar-refractivity contribution is -0.131. The van der Waals surface area contributed by atoms with Gasteiger partial charge in [-0.1, -0.05) is 0 Å². The quantitative estimate of drug-likeness (QED) is 0.200. The number of nitrogens with zero attached hydrogens (tertiary/aromatic N) is 4. The Labute approximate surface area is 185 Å². The zero-order valence-electron chi connectivity index (χ0n) is 17.1. The highest BCUT2D eigenvalue weighted by Gasteiger charge is 2.24. The molecule has 0 radical (unpaired) electrons. The van der Waals surface area contributed by atoms with Crippen molar-refractivity contribution in [2.75, 3.05) is 79.2 Å². The maximum absolute atomic E-state index is 12.3. The second kappa shape index (κ2) is 13.9. The van der Waals surface area contributed by atoms with Gasteiger partial charge in [-0.05, 0) is 19.8 Å². The molecule has 0 aromatic carbocycles. The molecule has 9 nitrogen and oxygen atoms in total. The molecule has 2 N–H and O–H groups in total. The molecular formula is C18H35IN6O3. The van der Waals surface area contributed by atoms with Gasteiger partial charge in [0.15, 0.2) is 5.96 Å². The topological polar surface area (TPSA) is 89.5 Å². The molecule has 2 saturated heterocycles. The summed E-state index contributed by atoms with van der Waals surface area (Å²) >= 11 is 0.